The third-order valence-corrected chi connectivity index (χ3v) is 4.31. The van der Waals surface area contributed by atoms with E-state index in [-0.39, 0.29) is 5.69 Å². The zero-order chi connectivity index (χ0) is 14.3. The molecule has 2 fully saturated rings. The number of nitrogens with zero attached hydrogens (tertiary/aromatic N) is 3. The second-order valence-corrected chi connectivity index (χ2v) is 6.04. The van der Waals surface area contributed by atoms with Gasteiger partial charge in [-0.3, -0.25) is 15.0 Å². The zero-order valence-corrected chi connectivity index (χ0v) is 12.0. The molecule has 0 amide bonds. The van der Waals surface area contributed by atoms with E-state index in [0.717, 1.165) is 19.0 Å². The number of nitrogens with one attached hydrogen (secondary N) is 1. The van der Waals surface area contributed by atoms with Gasteiger partial charge in [0.1, 0.15) is 12.0 Å². The molecule has 1 aromatic heterocycles. The highest BCUT2D eigenvalue weighted by Gasteiger charge is 2.38. The third-order valence-electron chi connectivity index (χ3n) is 4.02. The van der Waals surface area contributed by atoms with E-state index in [0.29, 0.717) is 22.9 Å². The molecule has 1 aliphatic heterocycles. The first-order valence-electron chi connectivity index (χ1n) is 6.87. The van der Waals surface area contributed by atoms with E-state index >= 15 is 0 Å². The monoisotopic (exact) mass is 296 g/mol. The molecule has 108 valence electrons. The van der Waals surface area contributed by atoms with Gasteiger partial charge in [-0.05, 0) is 26.2 Å². The van der Waals surface area contributed by atoms with Gasteiger partial charge in [0.05, 0.1) is 9.95 Å². The number of hydrogen-bond donors (Lipinski definition) is 1. The van der Waals surface area contributed by atoms with Crippen molar-refractivity contribution in [2.75, 3.05) is 11.9 Å². The molecule has 2 aliphatic rings. The molecule has 2 unspecified atom stereocenters. The third kappa shape index (κ3) is 2.71. The SMILES string of the molecule is CC1CC(Nc2ncc([N+](=O)[O-])cc2Cl)CN1C1CC1. The Morgan fingerprint density at radius 3 is 2.90 bits per heavy atom. The Labute approximate surface area is 122 Å². The van der Waals surface area contributed by atoms with E-state index in [9.17, 15) is 10.1 Å². The molecule has 2 heterocycles. The molecule has 1 aliphatic carbocycles. The Hall–Kier alpha value is -1.40. The molecule has 20 heavy (non-hydrogen) atoms. The fraction of sp³-hybridized carbons (Fsp3) is 0.615. The smallest absolute Gasteiger partial charge is 0.289 e. The molecule has 0 aromatic carbocycles. The molecule has 3 rings (SSSR count). The lowest BCUT2D eigenvalue weighted by Gasteiger charge is -2.19. The summed E-state index contributed by atoms with van der Waals surface area (Å²) in [6.07, 6.45) is 4.89. The predicted octanol–water partition coefficient (Wildman–Crippen LogP) is 2.68. The van der Waals surface area contributed by atoms with Crippen molar-refractivity contribution in [3.63, 3.8) is 0 Å². The standard InChI is InChI=1S/C13H17ClN4O2/c1-8-4-9(7-17(8)10-2-3-10)16-13-12(14)5-11(6-15-13)18(19)20/h5-6,8-10H,2-4,7H2,1H3,(H,15,16). The van der Waals surface area contributed by atoms with Crippen LogP contribution in [0.2, 0.25) is 5.02 Å². The maximum Gasteiger partial charge on any atom is 0.289 e. The van der Waals surface area contributed by atoms with Gasteiger partial charge in [0.2, 0.25) is 0 Å². The molecule has 0 spiro atoms. The molecule has 0 radical (unpaired) electrons. The lowest BCUT2D eigenvalue weighted by Crippen LogP contribution is -2.31. The Morgan fingerprint density at radius 1 is 1.55 bits per heavy atom. The van der Waals surface area contributed by atoms with Gasteiger partial charge < -0.3 is 5.32 Å². The van der Waals surface area contributed by atoms with E-state index < -0.39 is 4.92 Å². The summed E-state index contributed by atoms with van der Waals surface area (Å²) in [5, 5.41) is 14.3. The van der Waals surface area contributed by atoms with E-state index in [1.54, 1.807) is 0 Å². The van der Waals surface area contributed by atoms with Crippen molar-refractivity contribution in [3.8, 4) is 0 Å². The van der Waals surface area contributed by atoms with Crippen LogP contribution < -0.4 is 5.32 Å². The number of anilines is 1. The van der Waals surface area contributed by atoms with E-state index in [2.05, 4.69) is 22.1 Å². The number of nitro groups is 1. The summed E-state index contributed by atoms with van der Waals surface area (Å²) in [6, 6.07) is 2.96. The largest absolute Gasteiger partial charge is 0.365 e. The summed E-state index contributed by atoms with van der Waals surface area (Å²) in [5.41, 5.74) is -0.0834. The topological polar surface area (TPSA) is 71.3 Å². The first-order chi connectivity index (χ1) is 9.54. The molecular formula is C13H17ClN4O2. The van der Waals surface area contributed by atoms with Crippen molar-refractivity contribution < 1.29 is 4.92 Å². The van der Waals surface area contributed by atoms with Gasteiger partial charge in [0.15, 0.2) is 0 Å². The maximum absolute atomic E-state index is 10.7. The molecule has 6 nitrogen and oxygen atoms in total. The van der Waals surface area contributed by atoms with Crippen molar-refractivity contribution in [1.29, 1.82) is 0 Å². The van der Waals surface area contributed by atoms with Gasteiger partial charge in [-0.1, -0.05) is 11.6 Å². The first kappa shape index (κ1) is 13.6. The lowest BCUT2D eigenvalue weighted by molar-refractivity contribution is -0.385. The fourth-order valence-corrected chi connectivity index (χ4v) is 3.12. The van der Waals surface area contributed by atoms with Crippen LogP contribution in [-0.4, -0.2) is 39.5 Å². The maximum atomic E-state index is 10.7. The minimum atomic E-state index is -0.491. The number of likely N-dealkylation sites (tertiary alicyclic amines) is 1. The summed E-state index contributed by atoms with van der Waals surface area (Å²) in [4.78, 5) is 16.8. The first-order valence-corrected chi connectivity index (χ1v) is 7.24. The Morgan fingerprint density at radius 2 is 2.30 bits per heavy atom. The van der Waals surface area contributed by atoms with Gasteiger partial charge in [-0.2, -0.15) is 0 Å². The van der Waals surface area contributed by atoms with Crippen LogP contribution >= 0.6 is 11.6 Å². The number of halogens is 1. The van der Waals surface area contributed by atoms with Gasteiger partial charge in [0, 0.05) is 30.7 Å². The Kier molecular flexibility index (Phi) is 3.52. The summed E-state index contributed by atoms with van der Waals surface area (Å²) >= 11 is 6.06. The molecular weight excluding hydrogens is 280 g/mol. The number of hydrogen-bond acceptors (Lipinski definition) is 5. The van der Waals surface area contributed by atoms with Crippen molar-refractivity contribution in [2.45, 2.75) is 44.3 Å². The van der Waals surface area contributed by atoms with Crippen molar-refractivity contribution in [1.82, 2.24) is 9.88 Å². The molecule has 1 aromatic rings. The average Bonchev–Trinajstić information content (AvgIpc) is 3.16. The van der Waals surface area contributed by atoms with E-state index in [1.807, 2.05) is 0 Å². The highest BCUT2D eigenvalue weighted by atomic mass is 35.5. The van der Waals surface area contributed by atoms with Crippen molar-refractivity contribution >= 4 is 23.1 Å². The van der Waals surface area contributed by atoms with Gasteiger partial charge in [-0.15, -0.1) is 0 Å². The minimum absolute atomic E-state index is 0.0834. The molecule has 0 bridgehead atoms. The second kappa shape index (κ2) is 5.18. The second-order valence-electron chi connectivity index (χ2n) is 5.64. The molecule has 7 heteroatoms. The molecule has 2 atom stereocenters. The summed E-state index contributed by atoms with van der Waals surface area (Å²) in [5.74, 6) is 0.534. The quantitative estimate of drug-likeness (QED) is 0.683. The normalized spacial score (nSPS) is 26.7. The zero-order valence-electron chi connectivity index (χ0n) is 11.3. The van der Waals surface area contributed by atoms with Crippen LogP contribution in [0.5, 0.6) is 0 Å². The minimum Gasteiger partial charge on any atom is -0.365 e. The molecule has 1 saturated heterocycles. The van der Waals surface area contributed by atoms with Crippen LogP contribution in [0.15, 0.2) is 12.3 Å². The van der Waals surface area contributed by atoms with Crippen molar-refractivity contribution in [2.24, 2.45) is 0 Å². The Bertz CT molecular complexity index is 535. The lowest BCUT2D eigenvalue weighted by atomic mass is 10.2. The Balaban J connectivity index is 1.67. The summed E-state index contributed by atoms with van der Waals surface area (Å²) in [6.45, 7) is 3.23. The fourth-order valence-electron chi connectivity index (χ4n) is 2.90. The summed E-state index contributed by atoms with van der Waals surface area (Å²) in [7, 11) is 0. The average molecular weight is 297 g/mol. The predicted molar refractivity (Wildman–Crippen MR) is 77.1 cm³/mol. The highest BCUT2D eigenvalue weighted by Crippen LogP contribution is 2.34. The van der Waals surface area contributed by atoms with Crippen LogP contribution in [0.1, 0.15) is 26.2 Å². The van der Waals surface area contributed by atoms with Crippen LogP contribution in [0.4, 0.5) is 11.5 Å². The van der Waals surface area contributed by atoms with Crippen LogP contribution in [0.3, 0.4) is 0 Å². The highest BCUT2D eigenvalue weighted by molar-refractivity contribution is 6.33. The van der Waals surface area contributed by atoms with Gasteiger partial charge in [0.25, 0.3) is 5.69 Å². The van der Waals surface area contributed by atoms with Gasteiger partial charge >= 0.3 is 0 Å². The van der Waals surface area contributed by atoms with Crippen LogP contribution in [0.25, 0.3) is 0 Å². The number of aromatic nitrogens is 1. The van der Waals surface area contributed by atoms with E-state index in [1.165, 1.54) is 25.1 Å². The van der Waals surface area contributed by atoms with Crippen LogP contribution in [0, 0.1) is 10.1 Å². The number of rotatable bonds is 4. The summed E-state index contributed by atoms with van der Waals surface area (Å²) < 4.78 is 0. The van der Waals surface area contributed by atoms with Gasteiger partial charge in [-0.25, -0.2) is 4.98 Å². The van der Waals surface area contributed by atoms with E-state index in [4.69, 9.17) is 11.6 Å². The van der Waals surface area contributed by atoms with Crippen LogP contribution in [-0.2, 0) is 0 Å². The molecule has 1 saturated carbocycles. The molecule has 1 N–H and O–H groups in total. The number of pyridine rings is 1. The van der Waals surface area contributed by atoms with Crippen molar-refractivity contribution in [3.05, 3.63) is 27.4 Å².